The van der Waals surface area contributed by atoms with Crippen LogP contribution in [0.5, 0.6) is 0 Å². The summed E-state index contributed by atoms with van der Waals surface area (Å²) in [6.07, 6.45) is 9.90. The molecule has 0 amide bonds. The number of hydrogen-bond acceptors (Lipinski definition) is 5. The minimum absolute atomic E-state index is 0.120. The number of rotatable bonds is 2. The molecule has 3 N–H and O–H groups in total. The van der Waals surface area contributed by atoms with Gasteiger partial charge in [-0.3, -0.25) is 5.43 Å². The first kappa shape index (κ1) is 14.9. The molecular formula is C17H17N5O. The van der Waals surface area contributed by atoms with Gasteiger partial charge in [-0.15, -0.1) is 0 Å². The van der Waals surface area contributed by atoms with Crippen molar-refractivity contribution in [1.29, 1.82) is 0 Å². The monoisotopic (exact) mass is 307 g/mol. The average Bonchev–Trinajstić information content (AvgIpc) is 3.21. The Labute approximate surface area is 133 Å². The van der Waals surface area contributed by atoms with E-state index < -0.39 is 5.69 Å². The van der Waals surface area contributed by atoms with Gasteiger partial charge in [0.05, 0.1) is 5.69 Å². The first-order chi connectivity index (χ1) is 11.2. The lowest BCUT2D eigenvalue weighted by atomic mass is 10.3. The largest absolute Gasteiger partial charge is 0.356 e. The first-order valence-corrected chi connectivity index (χ1v) is 7.25. The molecular weight excluding hydrogens is 290 g/mol. The molecule has 0 spiro atoms. The molecule has 6 heteroatoms. The zero-order valence-electron chi connectivity index (χ0n) is 12.7. The Balaban J connectivity index is 0.000000183. The van der Waals surface area contributed by atoms with E-state index in [-0.39, 0.29) is 5.95 Å². The number of fused-ring (bicyclic) bond motifs is 2. The zero-order valence-corrected chi connectivity index (χ0v) is 12.7. The molecule has 1 heterocycles. The van der Waals surface area contributed by atoms with Gasteiger partial charge in [0.25, 0.3) is 0 Å². The van der Waals surface area contributed by atoms with Gasteiger partial charge in [0, 0.05) is 0 Å². The average molecular weight is 307 g/mol. The van der Waals surface area contributed by atoms with E-state index in [2.05, 4.69) is 39.7 Å². The normalized spacial score (nSPS) is 14.0. The van der Waals surface area contributed by atoms with Crippen molar-refractivity contribution >= 4 is 5.95 Å². The maximum Gasteiger partial charge on any atom is 0.356 e. The fourth-order valence-corrected chi connectivity index (χ4v) is 2.46. The number of aromatic nitrogens is 3. The number of nitrogen functional groups attached to an aromatic ring is 1. The van der Waals surface area contributed by atoms with Gasteiger partial charge >= 0.3 is 5.69 Å². The fourth-order valence-electron chi connectivity index (χ4n) is 2.46. The van der Waals surface area contributed by atoms with Gasteiger partial charge in [-0.2, -0.15) is 9.97 Å². The van der Waals surface area contributed by atoms with Gasteiger partial charge in [0.2, 0.25) is 5.95 Å². The summed E-state index contributed by atoms with van der Waals surface area (Å²) in [7, 11) is 0. The van der Waals surface area contributed by atoms with Gasteiger partial charge < -0.3 is 0 Å². The number of nitrogens with zero attached hydrogens (tertiary/aromatic N) is 3. The van der Waals surface area contributed by atoms with Crippen LogP contribution in [0.4, 0.5) is 5.95 Å². The third-order valence-electron chi connectivity index (χ3n) is 3.56. The second-order valence-corrected chi connectivity index (χ2v) is 5.19. The van der Waals surface area contributed by atoms with Crippen LogP contribution in [0.15, 0.2) is 70.6 Å². The molecule has 4 rings (SSSR count). The summed E-state index contributed by atoms with van der Waals surface area (Å²) in [6, 6.07) is 9.19. The molecule has 0 unspecified atom stereocenters. The Morgan fingerprint density at radius 3 is 2.17 bits per heavy atom. The number of nitrogens with two attached hydrogens (primary N) is 1. The molecule has 0 saturated carbocycles. The van der Waals surface area contributed by atoms with Crippen molar-refractivity contribution in [3.63, 3.8) is 0 Å². The maximum atomic E-state index is 11.7. The molecule has 2 aliphatic rings. The molecule has 0 saturated heterocycles. The molecule has 23 heavy (non-hydrogen) atoms. The van der Waals surface area contributed by atoms with Crippen molar-refractivity contribution in [1.82, 2.24) is 14.5 Å². The second-order valence-electron chi connectivity index (χ2n) is 5.19. The number of aryl methyl sites for hydroxylation is 1. The second kappa shape index (κ2) is 6.41. The number of anilines is 1. The SMILES string of the molecule is C1=CC2=CC=C1C2.Cc1nc(NN)nc(=O)n1-c1ccccc1. The molecule has 2 aromatic rings. The molecule has 1 aromatic carbocycles. The fraction of sp³-hybridized carbons (Fsp3) is 0.118. The summed E-state index contributed by atoms with van der Waals surface area (Å²) in [5, 5.41) is 0. The van der Waals surface area contributed by atoms with Crippen molar-refractivity contribution in [3.05, 3.63) is 82.1 Å². The van der Waals surface area contributed by atoms with Crippen LogP contribution in [0.1, 0.15) is 12.2 Å². The molecule has 0 fully saturated rings. The summed E-state index contributed by atoms with van der Waals surface area (Å²) in [4.78, 5) is 19.5. The molecule has 0 aliphatic heterocycles. The van der Waals surface area contributed by atoms with Gasteiger partial charge in [-0.05, 0) is 36.6 Å². The molecule has 2 aliphatic carbocycles. The molecule has 116 valence electrons. The standard InChI is InChI=1S/C10H11N5O.C7H6/c1-7-12-9(14-11)13-10(16)15(7)8-5-3-2-4-6-8;1-2-7-4-3-6(1)5-7/h2-6H,11H2,1H3,(H,13,14,16);1-4H,5H2. The summed E-state index contributed by atoms with van der Waals surface area (Å²) >= 11 is 0. The third kappa shape index (κ3) is 3.27. The Kier molecular flexibility index (Phi) is 4.16. The van der Waals surface area contributed by atoms with Crippen LogP contribution in [-0.2, 0) is 0 Å². The highest BCUT2D eigenvalue weighted by Crippen LogP contribution is 2.27. The predicted molar refractivity (Wildman–Crippen MR) is 90.1 cm³/mol. The zero-order chi connectivity index (χ0) is 16.2. The van der Waals surface area contributed by atoms with E-state index in [1.54, 1.807) is 6.92 Å². The number of hydrazine groups is 1. The topological polar surface area (TPSA) is 85.8 Å². The molecule has 1 aromatic heterocycles. The van der Waals surface area contributed by atoms with E-state index in [9.17, 15) is 4.79 Å². The highest BCUT2D eigenvalue weighted by molar-refractivity contribution is 5.49. The Hall–Kier alpha value is -2.99. The van der Waals surface area contributed by atoms with E-state index in [1.807, 2.05) is 30.3 Å². The van der Waals surface area contributed by atoms with E-state index in [0.717, 1.165) is 5.69 Å². The molecule has 2 bridgehead atoms. The number of para-hydroxylation sites is 1. The van der Waals surface area contributed by atoms with Gasteiger partial charge in [0.1, 0.15) is 5.82 Å². The lowest BCUT2D eigenvalue weighted by Gasteiger charge is -2.08. The van der Waals surface area contributed by atoms with Crippen molar-refractivity contribution in [2.24, 2.45) is 5.84 Å². The Bertz CT molecular complexity index is 842. The van der Waals surface area contributed by atoms with Gasteiger partial charge in [-0.1, -0.05) is 42.5 Å². The molecule has 6 nitrogen and oxygen atoms in total. The van der Waals surface area contributed by atoms with Crippen LogP contribution >= 0.6 is 0 Å². The number of nitrogens with one attached hydrogen (secondary N) is 1. The number of hydrogen-bond donors (Lipinski definition) is 2. The van der Waals surface area contributed by atoms with Crippen molar-refractivity contribution in [2.75, 3.05) is 5.43 Å². The lowest BCUT2D eigenvalue weighted by Crippen LogP contribution is -2.27. The van der Waals surface area contributed by atoms with Crippen molar-refractivity contribution in [3.8, 4) is 5.69 Å². The summed E-state index contributed by atoms with van der Waals surface area (Å²) in [5.41, 5.74) is 5.51. The summed E-state index contributed by atoms with van der Waals surface area (Å²) < 4.78 is 1.42. The lowest BCUT2D eigenvalue weighted by molar-refractivity contribution is 0.811. The third-order valence-corrected chi connectivity index (χ3v) is 3.56. The number of allylic oxidation sites excluding steroid dienone is 6. The van der Waals surface area contributed by atoms with Gasteiger partial charge in [-0.25, -0.2) is 15.2 Å². The van der Waals surface area contributed by atoms with Crippen LogP contribution < -0.4 is 17.0 Å². The smallest absolute Gasteiger partial charge is 0.292 e. The minimum Gasteiger partial charge on any atom is -0.292 e. The molecule has 0 atom stereocenters. The van der Waals surface area contributed by atoms with Crippen LogP contribution in [0, 0.1) is 6.92 Å². The summed E-state index contributed by atoms with van der Waals surface area (Å²) in [6.45, 7) is 1.72. The first-order valence-electron chi connectivity index (χ1n) is 7.25. The highest BCUT2D eigenvalue weighted by Gasteiger charge is 2.08. The predicted octanol–water partition coefficient (Wildman–Crippen LogP) is 2.03. The van der Waals surface area contributed by atoms with E-state index in [1.165, 1.54) is 22.1 Å². The van der Waals surface area contributed by atoms with E-state index >= 15 is 0 Å². The quantitative estimate of drug-likeness (QED) is 0.655. The van der Waals surface area contributed by atoms with E-state index in [4.69, 9.17) is 5.84 Å². The molecule has 0 radical (unpaired) electrons. The van der Waals surface area contributed by atoms with Crippen LogP contribution in [0.2, 0.25) is 0 Å². The van der Waals surface area contributed by atoms with Crippen LogP contribution in [-0.4, -0.2) is 14.5 Å². The maximum absolute atomic E-state index is 11.7. The van der Waals surface area contributed by atoms with Crippen LogP contribution in [0.3, 0.4) is 0 Å². The minimum atomic E-state index is -0.411. The Morgan fingerprint density at radius 2 is 1.74 bits per heavy atom. The van der Waals surface area contributed by atoms with Crippen LogP contribution in [0.25, 0.3) is 5.69 Å². The summed E-state index contributed by atoms with van der Waals surface area (Å²) in [5.74, 6) is 5.80. The van der Waals surface area contributed by atoms with Crippen molar-refractivity contribution in [2.45, 2.75) is 13.3 Å². The van der Waals surface area contributed by atoms with Crippen molar-refractivity contribution < 1.29 is 0 Å². The number of benzene rings is 1. The van der Waals surface area contributed by atoms with E-state index in [0.29, 0.717) is 5.82 Å². The highest BCUT2D eigenvalue weighted by atomic mass is 16.1. The Morgan fingerprint density at radius 1 is 1.09 bits per heavy atom. The van der Waals surface area contributed by atoms with Gasteiger partial charge in [0.15, 0.2) is 0 Å².